The average Bonchev–Trinajstić information content (AvgIpc) is 3.96. The van der Waals surface area contributed by atoms with Crippen molar-refractivity contribution in [1.82, 2.24) is 30.3 Å². The fourth-order valence-corrected chi connectivity index (χ4v) is 7.90. The van der Waals surface area contributed by atoms with E-state index in [0.29, 0.717) is 46.9 Å². The zero-order valence-corrected chi connectivity index (χ0v) is 29.1. The lowest BCUT2D eigenvalue weighted by Crippen LogP contribution is -2.38. The van der Waals surface area contributed by atoms with Gasteiger partial charge in [-0.05, 0) is 117 Å². The van der Waals surface area contributed by atoms with Gasteiger partial charge in [0.2, 0.25) is 11.8 Å². The third-order valence-corrected chi connectivity index (χ3v) is 10.7. The van der Waals surface area contributed by atoms with E-state index in [1.54, 1.807) is 0 Å². The third kappa shape index (κ3) is 6.53. The average molecular weight is 683 g/mol. The largest absolute Gasteiger partial charge is 0.435 e. The van der Waals surface area contributed by atoms with Gasteiger partial charge in [0.1, 0.15) is 11.6 Å². The van der Waals surface area contributed by atoms with Crippen molar-refractivity contribution in [3.63, 3.8) is 0 Å². The van der Waals surface area contributed by atoms with Crippen LogP contribution in [0.15, 0.2) is 59.0 Å². The first kappa shape index (κ1) is 32.9. The summed E-state index contributed by atoms with van der Waals surface area (Å²) in [6, 6.07) is 20.4. The maximum absolute atomic E-state index is 13.6. The maximum Gasteiger partial charge on any atom is 0.276 e. The van der Waals surface area contributed by atoms with Crippen molar-refractivity contribution < 1.29 is 14.0 Å². The molecule has 260 valence electrons. The van der Waals surface area contributed by atoms with Crippen LogP contribution in [0.4, 0.5) is 5.69 Å². The van der Waals surface area contributed by atoms with Crippen LogP contribution in [0.2, 0.25) is 0 Å². The highest BCUT2D eigenvalue weighted by atomic mass is 16.3. The highest BCUT2D eigenvalue weighted by Gasteiger charge is 2.27. The van der Waals surface area contributed by atoms with Crippen LogP contribution in [0, 0.1) is 25.2 Å². The van der Waals surface area contributed by atoms with Crippen LogP contribution in [-0.4, -0.2) is 57.2 Å². The van der Waals surface area contributed by atoms with Gasteiger partial charge in [-0.2, -0.15) is 10.4 Å². The number of likely N-dealkylation sites (tertiary alicyclic amines) is 1. The highest BCUT2D eigenvalue weighted by molar-refractivity contribution is 6.04. The van der Waals surface area contributed by atoms with E-state index in [4.69, 9.17) is 9.40 Å². The van der Waals surface area contributed by atoms with E-state index in [9.17, 15) is 14.9 Å². The smallest absolute Gasteiger partial charge is 0.276 e. The number of fused-ring (bicyclic) bond motifs is 2. The Balaban J connectivity index is 1.03. The van der Waals surface area contributed by atoms with Crippen molar-refractivity contribution in [2.24, 2.45) is 0 Å². The van der Waals surface area contributed by atoms with Crippen molar-refractivity contribution >= 4 is 28.6 Å². The first-order chi connectivity index (χ1) is 24.8. The molecule has 11 nitrogen and oxygen atoms in total. The standard InChI is InChI=1S/C40H42N8O3/c1-24-29(8-5-10-31(24)40-45-34-19-26(23-47-15-3-4-16-47)18-27(21-41)38(34)51-40)30-9-6-11-32(25(30)2)44-39(50)35-20-36-33(12-7-17-48(36)46-35)42-22-28-13-14-37(49)43-28/h5-6,8-11,18-20,28,33,42H,3-4,7,12-17,22-23H2,1-2H3,(H,43,49)(H,44,50)/t28-,33?/m0/s1. The lowest BCUT2D eigenvalue weighted by molar-refractivity contribution is -0.119. The molecule has 2 fully saturated rings. The predicted octanol–water partition coefficient (Wildman–Crippen LogP) is 6.40. The molecule has 3 aliphatic rings. The summed E-state index contributed by atoms with van der Waals surface area (Å²) in [4.78, 5) is 32.5. The van der Waals surface area contributed by atoms with Gasteiger partial charge in [-0.15, -0.1) is 0 Å². The fourth-order valence-electron chi connectivity index (χ4n) is 7.90. The summed E-state index contributed by atoms with van der Waals surface area (Å²) in [6.45, 7) is 8.48. The molecule has 0 aliphatic carbocycles. The molecule has 2 saturated heterocycles. The number of hydrogen-bond acceptors (Lipinski definition) is 8. The minimum atomic E-state index is -0.256. The number of oxazole rings is 1. The second-order valence-electron chi connectivity index (χ2n) is 14.1. The van der Waals surface area contributed by atoms with E-state index in [1.165, 1.54) is 12.8 Å². The van der Waals surface area contributed by atoms with Crippen LogP contribution in [0.25, 0.3) is 33.7 Å². The van der Waals surface area contributed by atoms with Gasteiger partial charge >= 0.3 is 0 Å². The Labute approximate surface area is 297 Å². The highest BCUT2D eigenvalue weighted by Crippen LogP contribution is 2.37. The van der Waals surface area contributed by atoms with Gasteiger partial charge < -0.3 is 20.4 Å². The number of rotatable bonds is 9. The molecule has 2 aromatic heterocycles. The van der Waals surface area contributed by atoms with Gasteiger partial charge in [-0.3, -0.25) is 19.2 Å². The van der Waals surface area contributed by atoms with Crippen LogP contribution in [0.5, 0.6) is 0 Å². The van der Waals surface area contributed by atoms with Gasteiger partial charge in [0, 0.05) is 49.4 Å². The number of carbonyl (C=O) groups excluding carboxylic acids is 2. The molecule has 2 atom stereocenters. The Morgan fingerprint density at radius 3 is 2.57 bits per heavy atom. The van der Waals surface area contributed by atoms with E-state index in [-0.39, 0.29) is 23.9 Å². The molecule has 2 amide bonds. The summed E-state index contributed by atoms with van der Waals surface area (Å²) < 4.78 is 8.21. The monoisotopic (exact) mass is 682 g/mol. The van der Waals surface area contributed by atoms with Gasteiger partial charge in [0.15, 0.2) is 11.3 Å². The topological polar surface area (TPSA) is 141 Å². The van der Waals surface area contributed by atoms with Crippen LogP contribution < -0.4 is 16.0 Å². The molecule has 3 aliphatic heterocycles. The molecule has 5 aromatic rings. The van der Waals surface area contributed by atoms with Gasteiger partial charge in [-0.1, -0.05) is 24.3 Å². The molecule has 3 aromatic carbocycles. The Bertz CT molecular complexity index is 2190. The van der Waals surface area contributed by atoms with Gasteiger partial charge in [0.05, 0.1) is 11.3 Å². The number of nitriles is 1. The van der Waals surface area contributed by atoms with Crippen LogP contribution >= 0.6 is 0 Å². The molecule has 0 bridgehead atoms. The van der Waals surface area contributed by atoms with E-state index in [0.717, 1.165) is 84.5 Å². The number of aromatic nitrogens is 3. The molecule has 5 heterocycles. The molecule has 11 heteroatoms. The van der Waals surface area contributed by atoms with Crippen molar-refractivity contribution in [2.45, 2.75) is 77.5 Å². The number of aryl methyl sites for hydroxylation is 1. The summed E-state index contributed by atoms with van der Waals surface area (Å²) in [5, 5.41) is 24.4. The number of nitrogens with one attached hydrogen (secondary N) is 3. The Morgan fingerprint density at radius 1 is 1.00 bits per heavy atom. The molecule has 0 spiro atoms. The minimum Gasteiger partial charge on any atom is -0.435 e. The number of benzene rings is 3. The molecule has 8 rings (SSSR count). The summed E-state index contributed by atoms with van der Waals surface area (Å²) in [6.07, 6.45) is 5.76. The molecular weight excluding hydrogens is 640 g/mol. The normalized spacial score (nSPS) is 18.9. The Morgan fingerprint density at radius 2 is 1.78 bits per heavy atom. The number of amides is 2. The van der Waals surface area contributed by atoms with Crippen LogP contribution in [0.1, 0.15) is 83.0 Å². The molecule has 1 unspecified atom stereocenters. The Hall–Kier alpha value is -5.31. The number of nitrogens with zero attached hydrogens (tertiary/aromatic N) is 5. The predicted molar refractivity (Wildman–Crippen MR) is 195 cm³/mol. The molecular formula is C40H42N8O3. The van der Waals surface area contributed by atoms with E-state index < -0.39 is 0 Å². The number of carbonyl (C=O) groups is 2. The van der Waals surface area contributed by atoms with Crippen molar-refractivity contribution in [1.29, 1.82) is 5.26 Å². The quantitative estimate of drug-likeness (QED) is 0.162. The van der Waals surface area contributed by atoms with Gasteiger partial charge in [0.25, 0.3) is 5.91 Å². The van der Waals surface area contributed by atoms with Crippen LogP contribution in [0.3, 0.4) is 0 Å². The van der Waals surface area contributed by atoms with Crippen molar-refractivity contribution in [3.05, 3.63) is 88.2 Å². The van der Waals surface area contributed by atoms with E-state index in [2.05, 4.69) is 51.1 Å². The SMILES string of the molecule is Cc1c(NC(=O)c2cc3n(n2)CCCC3NC[C@@H]2CCC(=O)N2)cccc1-c1cccc(-c2nc3cc(CN4CCCC4)cc(C#N)c3o2)c1C. The lowest BCUT2D eigenvalue weighted by atomic mass is 9.93. The summed E-state index contributed by atoms with van der Waals surface area (Å²) in [5.74, 6) is 0.329. The maximum atomic E-state index is 13.6. The van der Waals surface area contributed by atoms with Crippen molar-refractivity contribution in [2.75, 3.05) is 25.0 Å². The van der Waals surface area contributed by atoms with E-state index in [1.807, 2.05) is 54.1 Å². The van der Waals surface area contributed by atoms with Gasteiger partial charge in [-0.25, -0.2) is 4.98 Å². The number of anilines is 1. The zero-order valence-electron chi connectivity index (χ0n) is 29.1. The molecule has 0 radical (unpaired) electrons. The third-order valence-electron chi connectivity index (χ3n) is 10.7. The molecule has 3 N–H and O–H groups in total. The van der Waals surface area contributed by atoms with Crippen molar-refractivity contribution in [3.8, 4) is 28.7 Å². The first-order valence-corrected chi connectivity index (χ1v) is 18.0. The Kier molecular flexibility index (Phi) is 8.88. The van der Waals surface area contributed by atoms with E-state index >= 15 is 0 Å². The van der Waals surface area contributed by atoms with Crippen LogP contribution in [-0.2, 0) is 17.9 Å². The number of hydrogen-bond donors (Lipinski definition) is 3. The second-order valence-corrected chi connectivity index (χ2v) is 14.1. The second kappa shape index (κ2) is 13.8. The molecule has 0 saturated carbocycles. The lowest BCUT2D eigenvalue weighted by Gasteiger charge is -2.25. The first-order valence-electron chi connectivity index (χ1n) is 18.0. The summed E-state index contributed by atoms with van der Waals surface area (Å²) >= 11 is 0. The minimum absolute atomic E-state index is 0.0790. The molecule has 51 heavy (non-hydrogen) atoms. The zero-order chi connectivity index (χ0) is 35.1. The summed E-state index contributed by atoms with van der Waals surface area (Å²) in [7, 11) is 0. The fraction of sp³-hybridized carbons (Fsp3) is 0.375. The summed E-state index contributed by atoms with van der Waals surface area (Å²) in [5.41, 5.74) is 9.63.